The van der Waals surface area contributed by atoms with Gasteiger partial charge in [0.05, 0.1) is 29.2 Å². The molecule has 0 radical (unpaired) electrons. The Labute approximate surface area is 213 Å². The molecular formula is C28H35N7O. The number of hydrogen-bond donors (Lipinski definition) is 2. The van der Waals surface area contributed by atoms with Crippen molar-refractivity contribution >= 4 is 18.2 Å². The monoisotopic (exact) mass is 485 g/mol. The van der Waals surface area contributed by atoms with Crippen LogP contribution in [0.1, 0.15) is 47.6 Å². The zero-order chi connectivity index (χ0) is 25.6. The van der Waals surface area contributed by atoms with Crippen molar-refractivity contribution in [1.82, 2.24) is 25.1 Å². The zero-order valence-corrected chi connectivity index (χ0v) is 20.9. The van der Waals surface area contributed by atoms with Crippen molar-refractivity contribution in [3.8, 4) is 11.3 Å². The SMILES string of the molecule is C=CCCCc1c(-c2ccccn2)c(C=O)nn1C.N/C(=C\C=NC[C@@H]1CCCN1)c1ccccn1. The van der Waals surface area contributed by atoms with Crippen molar-refractivity contribution in [3.63, 3.8) is 0 Å². The number of unbranched alkanes of at least 4 members (excludes halogenated alkanes) is 1. The normalized spacial score (nSPS) is 15.5. The van der Waals surface area contributed by atoms with Crippen LogP contribution in [-0.4, -0.2) is 51.4 Å². The quantitative estimate of drug-likeness (QED) is 0.194. The van der Waals surface area contributed by atoms with Gasteiger partial charge < -0.3 is 11.1 Å². The fourth-order valence-electron chi connectivity index (χ4n) is 4.01. The molecule has 8 heteroatoms. The fourth-order valence-corrected chi connectivity index (χ4v) is 4.01. The molecule has 4 heterocycles. The van der Waals surface area contributed by atoms with Crippen LogP contribution in [0, 0.1) is 0 Å². The predicted octanol–water partition coefficient (Wildman–Crippen LogP) is 4.01. The van der Waals surface area contributed by atoms with Crippen LogP contribution in [0.4, 0.5) is 0 Å². The topological polar surface area (TPSA) is 111 Å². The molecule has 36 heavy (non-hydrogen) atoms. The summed E-state index contributed by atoms with van der Waals surface area (Å²) < 4.78 is 1.77. The average molecular weight is 486 g/mol. The third-order valence-electron chi connectivity index (χ3n) is 5.86. The van der Waals surface area contributed by atoms with Crippen LogP contribution >= 0.6 is 0 Å². The number of aromatic nitrogens is 4. The first-order valence-electron chi connectivity index (χ1n) is 12.3. The molecule has 3 aromatic rings. The molecule has 3 aromatic heterocycles. The number of nitrogens with zero attached hydrogens (tertiary/aromatic N) is 5. The summed E-state index contributed by atoms with van der Waals surface area (Å²) in [5.74, 6) is 0. The number of carbonyl (C=O) groups excluding carboxylic acids is 1. The number of rotatable bonds is 10. The Morgan fingerprint density at radius 2 is 2.06 bits per heavy atom. The lowest BCUT2D eigenvalue weighted by Crippen LogP contribution is -2.24. The first kappa shape index (κ1) is 26.7. The largest absolute Gasteiger partial charge is 0.397 e. The van der Waals surface area contributed by atoms with Gasteiger partial charge in [0.15, 0.2) is 6.29 Å². The highest BCUT2D eigenvalue weighted by molar-refractivity contribution is 5.85. The van der Waals surface area contributed by atoms with E-state index in [1.54, 1.807) is 29.4 Å². The molecule has 3 N–H and O–H groups in total. The highest BCUT2D eigenvalue weighted by Crippen LogP contribution is 2.26. The predicted molar refractivity (Wildman–Crippen MR) is 146 cm³/mol. The van der Waals surface area contributed by atoms with Gasteiger partial charge in [-0.15, -0.1) is 6.58 Å². The van der Waals surface area contributed by atoms with E-state index in [-0.39, 0.29) is 0 Å². The van der Waals surface area contributed by atoms with E-state index in [1.807, 2.05) is 49.5 Å². The molecule has 4 rings (SSSR count). The first-order valence-corrected chi connectivity index (χ1v) is 12.3. The van der Waals surface area contributed by atoms with Gasteiger partial charge in [0.25, 0.3) is 0 Å². The van der Waals surface area contributed by atoms with Crippen LogP contribution in [0.25, 0.3) is 17.0 Å². The molecule has 0 aliphatic carbocycles. The smallest absolute Gasteiger partial charge is 0.171 e. The third kappa shape index (κ3) is 7.81. The summed E-state index contributed by atoms with van der Waals surface area (Å²) in [7, 11) is 1.86. The van der Waals surface area contributed by atoms with E-state index in [4.69, 9.17) is 5.73 Å². The van der Waals surface area contributed by atoms with E-state index in [0.717, 1.165) is 61.3 Å². The molecule has 1 atom stereocenters. The van der Waals surface area contributed by atoms with Gasteiger partial charge >= 0.3 is 0 Å². The Balaban J connectivity index is 0.000000202. The summed E-state index contributed by atoms with van der Waals surface area (Å²) in [6.45, 7) is 5.67. The van der Waals surface area contributed by atoms with Gasteiger partial charge in [0.2, 0.25) is 0 Å². The number of aldehydes is 1. The molecule has 8 nitrogen and oxygen atoms in total. The maximum absolute atomic E-state index is 11.2. The number of allylic oxidation sites excluding steroid dienone is 2. The Hall–Kier alpha value is -3.91. The van der Waals surface area contributed by atoms with Crippen LogP contribution in [0.5, 0.6) is 0 Å². The third-order valence-corrected chi connectivity index (χ3v) is 5.86. The zero-order valence-electron chi connectivity index (χ0n) is 20.9. The highest BCUT2D eigenvalue weighted by atomic mass is 16.1. The van der Waals surface area contributed by atoms with E-state index in [1.165, 1.54) is 12.8 Å². The number of aliphatic imine (C=N–C) groups is 1. The minimum Gasteiger partial charge on any atom is -0.397 e. The second-order valence-electron chi connectivity index (χ2n) is 8.49. The van der Waals surface area contributed by atoms with Crippen molar-refractivity contribution < 1.29 is 4.79 Å². The van der Waals surface area contributed by atoms with E-state index in [9.17, 15) is 4.79 Å². The Morgan fingerprint density at radius 3 is 2.69 bits per heavy atom. The van der Waals surface area contributed by atoms with E-state index in [0.29, 0.717) is 17.4 Å². The van der Waals surface area contributed by atoms with Gasteiger partial charge in [-0.1, -0.05) is 18.2 Å². The lowest BCUT2D eigenvalue weighted by atomic mass is 10.0. The summed E-state index contributed by atoms with van der Waals surface area (Å²) in [5.41, 5.74) is 10.5. The maximum atomic E-state index is 11.2. The van der Waals surface area contributed by atoms with Crippen LogP contribution in [-0.2, 0) is 13.5 Å². The Morgan fingerprint density at radius 1 is 1.25 bits per heavy atom. The van der Waals surface area contributed by atoms with Gasteiger partial charge in [-0.2, -0.15) is 5.10 Å². The van der Waals surface area contributed by atoms with E-state index < -0.39 is 0 Å². The van der Waals surface area contributed by atoms with Crippen molar-refractivity contribution in [1.29, 1.82) is 0 Å². The molecule has 1 fully saturated rings. The molecule has 0 bridgehead atoms. The molecule has 1 saturated heterocycles. The summed E-state index contributed by atoms with van der Waals surface area (Å²) in [6, 6.07) is 11.9. The summed E-state index contributed by atoms with van der Waals surface area (Å²) in [4.78, 5) is 24.0. The van der Waals surface area contributed by atoms with Crippen molar-refractivity contribution in [2.75, 3.05) is 13.1 Å². The summed E-state index contributed by atoms with van der Waals surface area (Å²) in [5, 5.41) is 7.67. The second kappa shape index (κ2) is 14.5. The minimum absolute atomic E-state index is 0.454. The van der Waals surface area contributed by atoms with Gasteiger partial charge in [0.1, 0.15) is 5.69 Å². The maximum Gasteiger partial charge on any atom is 0.171 e. The molecule has 1 aliphatic rings. The lowest BCUT2D eigenvalue weighted by molar-refractivity contribution is 0.111. The summed E-state index contributed by atoms with van der Waals surface area (Å²) in [6.07, 6.45) is 15.0. The molecule has 0 spiro atoms. The van der Waals surface area contributed by atoms with Crippen LogP contribution in [0.2, 0.25) is 0 Å². The molecule has 0 saturated carbocycles. The number of nitrogens with two attached hydrogens (primary N) is 1. The standard InChI is InChI=1S/C15H17N3O.C13H18N4/c1-3-4-5-9-14-15(12-8-6-7-10-16-12)13(11-19)17-18(14)2;14-12(13-5-1-2-7-17-13)6-9-15-10-11-4-3-8-16-11/h3,6-8,10-11H,1,4-5,9H2,2H3;1-2,5-7,9,11,16H,3-4,8,10,14H2/b;12-6-,15-9?/t;11-/m.0/s1. The lowest BCUT2D eigenvalue weighted by Gasteiger charge is -2.05. The number of carbonyl (C=O) groups is 1. The van der Waals surface area contributed by atoms with Crippen LogP contribution in [0.15, 0.2) is 72.5 Å². The number of pyridine rings is 2. The highest BCUT2D eigenvalue weighted by Gasteiger charge is 2.17. The van der Waals surface area contributed by atoms with Crippen molar-refractivity contribution in [2.45, 2.75) is 38.1 Å². The van der Waals surface area contributed by atoms with E-state index in [2.05, 4.69) is 32.0 Å². The molecule has 188 valence electrons. The average Bonchev–Trinajstić information content (AvgIpc) is 3.55. The molecule has 1 aliphatic heterocycles. The van der Waals surface area contributed by atoms with Crippen LogP contribution < -0.4 is 11.1 Å². The number of hydrogen-bond acceptors (Lipinski definition) is 7. The van der Waals surface area contributed by atoms with Crippen molar-refractivity contribution in [2.24, 2.45) is 17.8 Å². The van der Waals surface area contributed by atoms with Crippen molar-refractivity contribution in [3.05, 3.63) is 84.6 Å². The first-order chi connectivity index (χ1) is 17.6. The Kier molecular flexibility index (Phi) is 10.7. The molecule has 0 unspecified atom stereocenters. The van der Waals surface area contributed by atoms with Gasteiger partial charge in [-0.3, -0.25) is 24.4 Å². The van der Waals surface area contributed by atoms with Gasteiger partial charge in [0, 0.05) is 37.4 Å². The minimum atomic E-state index is 0.454. The second-order valence-corrected chi connectivity index (χ2v) is 8.49. The number of aryl methyl sites for hydroxylation is 1. The van der Waals surface area contributed by atoms with Gasteiger partial charge in [-0.25, -0.2) is 0 Å². The fraction of sp³-hybridized carbons (Fsp3) is 0.321. The van der Waals surface area contributed by atoms with Crippen LogP contribution in [0.3, 0.4) is 0 Å². The number of nitrogens with one attached hydrogen (secondary N) is 1. The van der Waals surface area contributed by atoms with Gasteiger partial charge in [-0.05, 0) is 69.0 Å². The summed E-state index contributed by atoms with van der Waals surface area (Å²) >= 11 is 0. The molecular weight excluding hydrogens is 450 g/mol. The van der Waals surface area contributed by atoms with E-state index >= 15 is 0 Å². The molecule has 0 aromatic carbocycles. The molecule has 0 amide bonds. The Bertz CT molecular complexity index is 1150.